The summed E-state index contributed by atoms with van der Waals surface area (Å²) >= 11 is 0. The molecule has 0 saturated carbocycles. The van der Waals surface area contributed by atoms with Crippen molar-refractivity contribution in [3.05, 3.63) is 23.4 Å². The van der Waals surface area contributed by atoms with Gasteiger partial charge in [0.15, 0.2) is 0 Å². The molecule has 0 radical (unpaired) electrons. The fourth-order valence-corrected chi connectivity index (χ4v) is 1.34. The van der Waals surface area contributed by atoms with E-state index in [9.17, 15) is 8.78 Å². The molecule has 0 bridgehead atoms. The number of halogens is 2. The number of hydrogen-bond acceptors (Lipinski definition) is 3. The average Bonchev–Trinajstić information content (AvgIpc) is 2.15. The number of rotatable bonds is 4. The number of nitrogens with zero attached hydrogens (tertiary/aromatic N) is 2. The minimum Gasteiger partial charge on any atom is -0.384 e. The Hall–Kier alpha value is -1.72. The van der Waals surface area contributed by atoms with Gasteiger partial charge >= 0.3 is 0 Å². The van der Waals surface area contributed by atoms with Gasteiger partial charge in [0.2, 0.25) is 0 Å². The van der Waals surface area contributed by atoms with Crippen LogP contribution in [0.15, 0.2) is 12.1 Å². The average molecular weight is 228 g/mol. The molecule has 0 spiro atoms. The Balaban J connectivity index is 3.09. The minimum atomic E-state index is -2.45. The standard InChI is InChI=1S/C10H14F2N4/c1-6-3-4-7(9(13)14)10(15-6)16(2)5-8(11)12/h3-4,8H,5H2,1-2H3,(H3,13,14). The van der Waals surface area contributed by atoms with Crippen LogP contribution in [0.5, 0.6) is 0 Å². The first kappa shape index (κ1) is 12.4. The van der Waals surface area contributed by atoms with Gasteiger partial charge in [0, 0.05) is 12.7 Å². The van der Waals surface area contributed by atoms with E-state index in [0.717, 1.165) is 0 Å². The van der Waals surface area contributed by atoms with Gasteiger partial charge in [0.05, 0.1) is 12.1 Å². The fraction of sp³-hybridized carbons (Fsp3) is 0.400. The predicted octanol–water partition coefficient (Wildman–Crippen LogP) is 1.38. The van der Waals surface area contributed by atoms with Crippen LogP contribution in [0.4, 0.5) is 14.6 Å². The summed E-state index contributed by atoms with van der Waals surface area (Å²) in [6.07, 6.45) is -2.45. The third-order valence-corrected chi connectivity index (χ3v) is 2.08. The first-order chi connectivity index (χ1) is 7.41. The van der Waals surface area contributed by atoms with Gasteiger partial charge in [-0.05, 0) is 19.1 Å². The van der Waals surface area contributed by atoms with Crippen molar-refractivity contribution in [2.45, 2.75) is 13.3 Å². The van der Waals surface area contributed by atoms with Gasteiger partial charge in [0.25, 0.3) is 6.43 Å². The van der Waals surface area contributed by atoms with Gasteiger partial charge in [-0.2, -0.15) is 0 Å². The van der Waals surface area contributed by atoms with Crippen molar-refractivity contribution >= 4 is 11.7 Å². The maximum atomic E-state index is 12.2. The van der Waals surface area contributed by atoms with E-state index in [4.69, 9.17) is 11.1 Å². The molecule has 4 nitrogen and oxygen atoms in total. The molecule has 6 heteroatoms. The van der Waals surface area contributed by atoms with Crippen molar-refractivity contribution in [1.29, 1.82) is 5.41 Å². The molecule has 3 N–H and O–H groups in total. The molecule has 0 aliphatic carbocycles. The van der Waals surface area contributed by atoms with Crippen molar-refractivity contribution < 1.29 is 8.78 Å². The van der Waals surface area contributed by atoms with E-state index in [1.165, 1.54) is 11.9 Å². The van der Waals surface area contributed by atoms with E-state index < -0.39 is 13.0 Å². The summed E-state index contributed by atoms with van der Waals surface area (Å²) in [6, 6.07) is 3.30. The van der Waals surface area contributed by atoms with Crippen molar-refractivity contribution in [3.8, 4) is 0 Å². The van der Waals surface area contributed by atoms with Crippen LogP contribution >= 0.6 is 0 Å². The lowest BCUT2D eigenvalue weighted by molar-refractivity contribution is 0.156. The van der Waals surface area contributed by atoms with E-state index in [-0.39, 0.29) is 5.84 Å². The van der Waals surface area contributed by atoms with Gasteiger partial charge in [0.1, 0.15) is 11.7 Å². The van der Waals surface area contributed by atoms with Crippen LogP contribution in [0.25, 0.3) is 0 Å². The number of aromatic nitrogens is 1. The lowest BCUT2D eigenvalue weighted by Crippen LogP contribution is -2.28. The molecular weight excluding hydrogens is 214 g/mol. The number of alkyl halides is 2. The number of nitrogen functional groups attached to an aromatic ring is 1. The Kier molecular flexibility index (Phi) is 3.76. The SMILES string of the molecule is Cc1ccc(C(=N)N)c(N(C)CC(F)F)n1. The minimum absolute atomic E-state index is 0.177. The molecule has 0 aliphatic heterocycles. The van der Waals surface area contributed by atoms with Crippen LogP contribution < -0.4 is 10.6 Å². The molecule has 16 heavy (non-hydrogen) atoms. The maximum absolute atomic E-state index is 12.2. The molecule has 0 aliphatic rings. The summed E-state index contributed by atoms with van der Waals surface area (Å²) in [6.45, 7) is 1.32. The monoisotopic (exact) mass is 228 g/mol. The van der Waals surface area contributed by atoms with Crippen LogP contribution in [-0.2, 0) is 0 Å². The lowest BCUT2D eigenvalue weighted by Gasteiger charge is -2.20. The maximum Gasteiger partial charge on any atom is 0.255 e. The van der Waals surface area contributed by atoms with Crippen LogP contribution in [0.2, 0.25) is 0 Å². The molecule has 0 aromatic carbocycles. The molecule has 0 amide bonds. The van der Waals surface area contributed by atoms with Gasteiger partial charge in [-0.25, -0.2) is 13.8 Å². The number of pyridine rings is 1. The summed E-state index contributed by atoms with van der Waals surface area (Å²) in [5.74, 6) is 0.136. The van der Waals surface area contributed by atoms with E-state index in [0.29, 0.717) is 17.1 Å². The van der Waals surface area contributed by atoms with Gasteiger partial charge in [-0.1, -0.05) is 0 Å². The molecule has 0 unspecified atom stereocenters. The Bertz CT molecular complexity index is 392. The first-order valence-corrected chi connectivity index (χ1v) is 4.73. The number of hydrogen-bond donors (Lipinski definition) is 2. The fourth-order valence-electron chi connectivity index (χ4n) is 1.34. The second-order valence-electron chi connectivity index (χ2n) is 3.51. The molecule has 0 saturated heterocycles. The molecule has 1 aromatic heterocycles. The van der Waals surface area contributed by atoms with E-state index in [1.54, 1.807) is 19.1 Å². The normalized spacial score (nSPS) is 10.6. The predicted molar refractivity (Wildman–Crippen MR) is 59.3 cm³/mol. The van der Waals surface area contributed by atoms with E-state index in [1.807, 2.05) is 0 Å². The molecule has 1 rings (SSSR count). The van der Waals surface area contributed by atoms with E-state index >= 15 is 0 Å². The zero-order chi connectivity index (χ0) is 12.3. The van der Waals surface area contributed by atoms with Crippen LogP contribution in [-0.4, -0.2) is 30.8 Å². The topological polar surface area (TPSA) is 66.0 Å². The van der Waals surface area contributed by atoms with E-state index in [2.05, 4.69) is 4.98 Å². The zero-order valence-corrected chi connectivity index (χ0v) is 9.17. The van der Waals surface area contributed by atoms with Crippen molar-refractivity contribution in [2.24, 2.45) is 5.73 Å². The number of anilines is 1. The van der Waals surface area contributed by atoms with Gasteiger partial charge < -0.3 is 10.6 Å². The molecule has 0 fully saturated rings. The Morgan fingerprint density at radius 1 is 1.56 bits per heavy atom. The molecule has 1 heterocycles. The highest BCUT2D eigenvalue weighted by Crippen LogP contribution is 2.17. The Morgan fingerprint density at radius 2 is 2.19 bits per heavy atom. The highest BCUT2D eigenvalue weighted by molar-refractivity contribution is 5.99. The largest absolute Gasteiger partial charge is 0.384 e. The smallest absolute Gasteiger partial charge is 0.255 e. The number of amidine groups is 1. The first-order valence-electron chi connectivity index (χ1n) is 4.73. The van der Waals surface area contributed by atoms with Gasteiger partial charge in [-0.3, -0.25) is 5.41 Å². The van der Waals surface area contributed by atoms with Crippen molar-refractivity contribution in [1.82, 2.24) is 4.98 Å². The second-order valence-corrected chi connectivity index (χ2v) is 3.51. The number of aryl methyl sites for hydroxylation is 1. The Labute approximate surface area is 92.6 Å². The summed E-state index contributed by atoms with van der Waals surface area (Å²) < 4.78 is 24.5. The third kappa shape index (κ3) is 2.88. The quantitative estimate of drug-likeness (QED) is 0.604. The highest BCUT2D eigenvalue weighted by Gasteiger charge is 2.15. The number of nitrogens with two attached hydrogens (primary N) is 1. The zero-order valence-electron chi connectivity index (χ0n) is 9.17. The van der Waals surface area contributed by atoms with Crippen LogP contribution in [0.1, 0.15) is 11.3 Å². The van der Waals surface area contributed by atoms with Crippen LogP contribution in [0, 0.1) is 12.3 Å². The third-order valence-electron chi connectivity index (χ3n) is 2.08. The summed E-state index contributed by atoms with van der Waals surface area (Å²) in [4.78, 5) is 5.42. The van der Waals surface area contributed by atoms with Gasteiger partial charge in [-0.15, -0.1) is 0 Å². The lowest BCUT2D eigenvalue weighted by atomic mass is 10.2. The number of nitrogens with one attached hydrogen (secondary N) is 1. The Morgan fingerprint density at radius 3 is 2.69 bits per heavy atom. The van der Waals surface area contributed by atoms with Crippen LogP contribution in [0.3, 0.4) is 0 Å². The highest BCUT2D eigenvalue weighted by atomic mass is 19.3. The molecule has 1 aromatic rings. The molecule has 0 atom stereocenters. The molecule has 88 valence electrons. The summed E-state index contributed by atoms with van der Waals surface area (Å²) in [7, 11) is 1.50. The van der Waals surface area contributed by atoms with Crippen molar-refractivity contribution in [3.63, 3.8) is 0 Å². The second kappa shape index (κ2) is 4.87. The summed E-state index contributed by atoms with van der Waals surface area (Å²) in [5, 5.41) is 7.35. The summed E-state index contributed by atoms with van der Waals surface area (Å²) in [5.41, 5.74) is 6.43. The van der Waals surface area contributed by atoms with Crippen molar-refractivity contribution in [2.75, 3.05) is 18.5 Å². The molecular formula is C10H14F2N4.